The molecule has 4 rings (SSSR count). The molecule has 0 aliphatic heterocycles. The fourth-order valence-electron chi connectivity index (χ4n) is 3.91. The Hall–Kier alpha value is -3.32. The predicted octanol–water partition coefficient (Wildman–Crippen LogP) is 8.26. The third-order valence-corrected chi connectivity index (χ3v) is 5.38. The Balaban J connectivity index is 1.71. The van der Waals surface area contributed by atoms with Gasteiger partial charge in [0.15, 0.2) is 0 Å². The summed E-state index contributed by atoms with van der Waals surface area (Å²) in [4.78, 5) is 2.29. The molecule has 0 saturated heterocycles. The minimum absolute atomic E-state index is 0.553. The normalized spacial score (nSPS) is 10.9. The van der Waals surface area contributed by atoms with Crippen LogP contribution in [0, 0.1) is 6.92 Å². The smallest absolute Gasteiger partial charge is 0.0462 e. The van der Waals surface area contributed by atoms with Crippen molar-refractivity contribution in [2.45, 2.75) is 26.7 Å². The average molecular weight is 378 g/mol. The van der Waals surface area contributed by atoms with Gasteiger partial charge in [0, 0.05) is 17.1 Å². The molecule has 4 aromatic rings. The molecule has 0 unspecified atom stereocenters. The van der Waals surface area contributed by atoms with Gasteiger partial charge in [-0.25, -0.2) is 0 Å². The van der Waals surface area contributed by atoms with Crippen LogP contribution in [0.4, 0.5) is 17.1 Å². The number of rotatable bonds is 5. The number of aryl methyl sites for hydroxylation is 1. The third-order valence-electron chi connectivity index (χ3n) is 5.38. The Labute approximate surface area is 174 Å². The highest BCUT2D eigenvalue weighted by molar-refractivity contribution is 5.78. The van der Waals surface area contributed by atoms with E-state index < -0.39 is 0 Å². The van der Waals surface area contributed by atoms with E-state index in [9.17, 15) is 0 Å². The summed E-state index contributed by atoms with van der Waals surface area (Å²) in [5, 5.41) is 0. The lowest BCUT2D eigenvalue weighted by Crippen LogP contribution is -2.09. The van der Waals surface area contributed by atoms with E-state index in [1.165, 1.54) is 22.3 Å². The molecule has 0 radical (unpaired) electrons. The molecule has 0 aromatic heterocycles. The van der Waals surface area contributed by atoms with Crippen molar-refractivity contribution in [1.29, 1.82) is 0 Å². The topological polar surface area (TPSA) is 3.24 Å². The quantitative estimate of drug-likeness (QED) is 0.338. The maximum atomic E-state index is 2.30. The minimum atomic E-state index is 0.553. The van der Waals surface area contributed by atoms with Gasteiger partial charge in [-0.15, -0.1) is 0 Å². The van der Waals surface area contributed by atoms with E-state index in [0.29, 0.717) is 5.92 Å². The Kier molecular flexibility index (Phi) is 5.48. The fraction of sp³-hybridized carbons (Fsp3) is 0.143. The van der Waals surface area contributed by atoms with E-state index in [4.69, 9.17) is 0 Å². The largest absolute Gasteiger partial charge is 0.311 e. The Morgan fingerprint density at radius 1 is 0.552 bits per heavy atom. The van der Waals surface area contributed by atoms with Crippen LogP contribution in [0.1, 0.15) is 30.9 Å². The van der Waals surface area contributed by atoms with E-state index in [1.54, 1.807) is 0 Å². The van der Waals surface area contributed by atoms with Crippen LogP contribution in [-0.2, 0) is 0 Å². The Morgan fingerprint density at radius 3 is 1.52 bits per heavy atom. The van der Waals surface area contributed by atoms with Crippen molar-refractivity contribution in [1.82, 2.24) is 0 Å². The SMILES string of the molecule is Cc1cc(-c2ccc(N(c3ccccc3)c3ccccc3)cc2)ccc1C(C)C. The molecule has 0 atom stereocenters. The molecule has 1 nitrogen and oxygen atoms in total. The second-order valence-corrected chi connectivity index (χ2v) is 7.78. The number of para-hydroxylation sites is 2. The molecule has 4 aromatic carbocycles. The second kappa shape index (κ2) is 8.36. The van der Waals surface area contributed by atoms with Gasteiger partial charge in [-0.05, 0) is 71.5 Å². The van der Waals surface area contributed by atoms with Crippen molar-refractivity contribution >= 4 is 17.1 Å². The zero-order valence-corrected chi connectivity index (χ0v) is 17.3. The zero-order valence-electron chi connectivity index (χ0n) is 17.3. The first-order chi connectivity index (χ1) is 14.1. The van der Waals surface area contributed by atoms with Gasteiger partial charge < -0.3 is 4.90 Å². The molecule has 0 aliphatic rings. The molecule has 144 valence electrons. The summed E-state index contributed by atoms with van der Waals surface area (Å²) < 4.78 is 0. The van der Waals surface area contributed by atoms with Gasteiger partial charge in [-0.2, -0.15) is 0 Å². The average Bonchev–Trinajstić information content (AvgIpc) is 2.76. The molecule has 29 heavy (non-hydrogen) atoms. The van der Waals surface area contributed by atoms with E-state index >= 15 is 0 Å². The summed E-state index contributed by atoms with van der Waals surface area (Å²) in [6.45, 7) is 6.71. The Morgan fingerprint density at radius 2 is 1.03 bits per heavy atom. The van der Waals surface area contributed by atoms with E-state index in [-0.39, 0.29) is 0 Å². The number of benzene rings is 4. The highest BCUT2D eigenvalue weighted by Crippen LogP contribution is 2.35. The van der Waals surface area contributed by atoms with Gasteiger partial charge in [0.1, 0.15) is 0 Å². The Bertz CT molecular complexity index is 1020. The molecule has 0 bridgehead atoms. The van der Waals surface area contributed by atoms with Crippen LogP contribution >= 0.6 is 0 Å². The summed E-state index contributed by atoms with van der Waals surface area (Å²) in [5.74, 6) is 0.553. The minimum Gasteiger partial charge on any atom is -0.311 e. The summed E-state index contributed by atoms with van der Waals surface area (Å²) >= 11 is 0. The van der Waals surface area contributed by atoms with Crippen molar-refractivity contribution in [2.75, 3.05) is 4.90 Å². The molecule has 0 fully saturated rings. The lowest BCUT2D eigenvalue weighted by atomic mass is 9.94. The van der Waals surface area contributed by atoms with Crippen molar-refractivity contribution in [2.24, 2.45) is 0 Å². The summed E-state index contributed by atoms with van der Waals surface area (Å²) in [7, 11) is 0. The maximum absolute atomic E-state index is 2.30. The standard InChI is InChI=1S/C28H27N/c1-21(2)28-19-16-24(20-22(28)3)23-14-17-27(18-15-23)29(25-10-6-4-7-11-25)26-12-8-5-9-13-26/h4-21H,1-3H3. The molecular weight excluding hydrogens is 350 g/mol. The molecule has 0 spiro atoms. The van der Waals surface area contributed by atoms with Gasteiger partial charge in [0.2, 0.25) is 0 Å². The molecule has 0 heterocycles. The molecule has 0 saturated carbocycles. The van der Waals surface area contributed by atoms with Gasteiger partial charge in [-0.1, -0.05) is 80.6 Å². The zero-order chi connectivity index (χ0) is 20.2. The molecule has 0 N–H and O–H groups in total. The predicted molar refractivity (Wildman–Crippen MR) is 125 cm³/mol. The summed E-state index contributed by atoms with van der Waals surface area (Å²) in [6, 6.07) is 36.7. The molecule has 0 amide bonds. The maximum Gasteiger partial charge on any atom is 0.0462 e. The number of hydrogen-bond donors (Lipinski definition) is 0. The van der Waals surface area contributed by atoms with Crippen LogP contribution in [0.3, 0.4) is 0 Å². The number of hydrogen-bond acceptors (Lipinski definition) is 1. The van der Waals surface area contributed by atoms with Gasteiger partial charge in [0.25, 0.3) is 0 Å². The van der Waals surface area contributed by atoms with Crippen LogP contribution < -0.4 is 4.90 Å². The fourth-order valence-corrected chi connectivity index (χ4v) is 3.91. The van der Waals surface area contributed by atoms with Gasteiger partial charge in [-0.3, -0.25) is 0 Å². The van der Waals surface area contributed by atoms with Gasteiger partial charge >= 0.3 is 0 Å². The summed E-state index contributed by atoms with van der Waals surface area (Å²) in [5.41, 5.74) is 8.76. The van der Waals surface area contributed by atoms with E-state index in [1.807, 2.05) is 0 Å². The monoisotopic (exact) mass is 377 g/mol. The van der Waals surface area contributed by atoms with Crippen LogP contribution in [-0.4, -0.2) is 0 Å². The summed E-state index contributed by atoms with van der Waals surface area (Å²) in [6.07, 6.45) is 0. The molecular formula is C28H27N. The molecule has 1 heteroatoms. The van der Waals surface area contributed by atoms with Crippen molar-refractivity contribution in [3.05, 3.63) is 114 Å². The van der Waals surface area contributed by atoms with E-state index in [2.05, 4.69) is 129 Å². The lowest BCUT2D eigenvalue weighted by Gasteiger charge is -2.25. The molecule has 0 aliphatic carbocycles. The first kappa shape index (κ1) is 19.0. The third kappa shape index (κ3) is 4.09. The highest BCUT2D eigenvalue weighted by Gasteiger charge is 2.12. The van der Waals surface area contributed by atoms with Crippen LogP contribution in [0.25, 0.3) is 11.1 Å². The van der Waals surface area contributed by atoms with Crippen LogP contribution in [0.5, 0.6) is 0 Å². The van der Waals surface area contributed by atoms with Gasteiger partial charge in [0.05, 0.1) is 0 Å². The first-order valence-corrected chi connectivity index (χ1v) is 10.2. The van der Waals surface area contributed by atoms with Crippen LogP contribution in [0.2, 0.25) is 0 Å². The van der Waals surface area contributed by atoms with Crippen LogP contribution in [0.15, 0.2) is 103 Å². The number of anilines is 3. The van der Waals surface area contributed by atoms with E-state index in [0.717, 1.165) is 17.1 Å². The van der Waals surface area contributed by atoms with Crippen molar-refractivity contribution in [3.63, 3.8) is 0 Å². The first-order valence-electron chi connectivity index (χ1n) is 10.2. The highest BCUT2D eigenvalue weighted by atomic mass is 15.1. The second-order valence-electron chi connectivity index (χ2n) is 7.78. The lowest BCUT2D eigenvalue weighted by molar-refractivity contribution is 0.857. The van der Waals surface area contributed by atoms with Crippen molar-refractivity contribution < 1.29 is 0 Å². The number of nitrogens with zero attached hydrogens (tertiary/aromatic N) is 1. The van der Waals surface area contributed by atoms with Crippen molar-refractivity contribution in [3.8, 4) is 11.1 Å².